The SMILES string of the molecule is I.NC(=NCc1nnc2ccccn12)Nc1cccc(Oc2ccccc2)c1. The molecule has 0 aliphatic rings. The first kappa shape index (κ1) is 19.6. The van der Waals surface area contributed by atoms with Crippen LogP contribution >= 0.6 is 24.0 Å². The van der Waals surface area contributed by atoms with Crippen molar-refractivity contribution in [3.63, 3.8) is 0 Å². The molecule has 3 N–H and O–H groups in total. The predicted octanol–water partition coefficient (Wildman–Crippen LogP) is 4.07. The Hall–Kier alpha value is -3.14. The molecule has 0 bridgehead atoms. The molecule has 0 fully saturated rings. The fraction of sp³-hybridized carbons (Fsp3) is 0.0500. The zero-order chi connectivity index (χ0) is 18.5. The highest BCUT2D eigenvalue weighted by Crippen LogP contribution is 2.23. The molecule has 0 spiro atoms. The Bertz CT molecular complexity index is 1080. The van der Waals surface area contributed by atoms with Crippen molar-refractivity contribution in [3.8, 4) is 11.5 Å². The Morgan fingerprint density at radius 3 is 2.61 bits per heavy atom. The van der Waals surface area contributed by atoms with Crippen LogP contribution < -0.4 is 15.8 Å². The van der Waals surface area contributed by atoms with E-state index in [2.05, 4.69) is 20.5 Å². The number of fused-ring (bicyclic) bond motifs is 1. The largest absolute Gasteiger partial charge is 0.457 e. The molecule has 0 saturated carbocycles. The number of benzene rings is 2. The quantitative estimate of drug-likeness (QED) is 0.252. The third-order valence-electron chi connectivity index (χ3n) is 3.86. The number of aromatic nitrogens is 3. The first-order valence-electron chi connectivity index (χ1n) is 8.46. The van der Waals surface area contributed by atoms with E-state index in [4.69, 9.17) is 10.5 Å². The zero-order valence-electron chi connectivity index (χ0n) is 14.9. The lowest BCUT2D eigenvalue weighted by atomic mass is 10.3. The van der Waals surface area contributed by atoms with Gasteiger partial charge in [0.15, 0.2) is 17.4 Å². The number of guanidine groups is 1. The topological polar surface area (TPSA) is 89.8 Å². The Balaban J connectivity index is 0.00000225. The standard InChI is InChI=1S/C20H18N6O.HI/c21-20(22-14-19-25-24-18-11-4-5-12-26(18)19)23-15-7-6-10-17(13-15)27-16-8-2-1-3-9-16;/h1-13H,14H2,(H3,21,22,23);1H. The summed E-state index contributed by atoms with van der Waals surface area (Å²) in [7, 11) is 0. The molecule has 0 unspecified atom stereocenters. The Kier molecular flexibility index (Phi) is 6.43. The molecule has 0 amide bonds. The number of nitrogens with two attached hydrogens (primary N) is 1. The fourth-order valence-corrected chi connectivity index (χ4v) is 2.60. The van der Waals surface area contributed by atoms with E-state index in [1.807, 2.05) is 83.4 Å². The molecule has 0 aliphatic heterocycles. The van der Waals surface area contributed by atoms with Crippen molar-refractivity contribution in [1.29, 1.82) is 0 Å². The summed E-state index contributed by atoms with van der Waals surface area (Å²) in [4.78, 5) is 4.34. The third kappa shape index (κ3) is 4.77. The minimum atomic E-state index is 0. The van der Waals surface area contributed by atoms with Gasteiger partial charge >= 0.3 is 0 Å². The van der Waals surface area contributed by atoms with Crippen molar-refractivity contribution < 1.29 is 4.74 Å². The Morgan fingerprint density at radius 2 is 1.75 bits per heavy atom. The van der Waals surface area contributed by atoms with E-state index >= 15 is 0 Å². The molecular formula is C20H19IN6O. The summed E-state index contributed by atoms with van der Waals surface area (Å²) in [6.45, 7) is 0.324. The summed E-state index contributed by atoms with van der Waals surface area (Å²) in [6.07, 6.45) is 1.90. The average molecular weight is 486 g/mol. The van der Waals surface area contributed by atoms with Crippen LogP contribution in [0.5, 0.6) is 11.5 Å². The monoisotopic (exact) mass is 486 g/mol. The summed E-state index contributed by atoms with van der Waals surface area (Å²) < 4.78 is 7.71. The lowest BCUT2D eigenvalue weighted by Crippen LogP contribution is -2.22. The number of rotatable bonds is 5. The molecule has 28 heavy (non-hydrogen) atoms. The van der Waals surface area contributed by atoms with E-state index in [1.165, 1.54) is 0 Å². The molecule has 0 atom stereocenters. The molecule has 4 rings (SSSR count). The van der Waals surface area contributed by atoms with Crippen molar-refractivity contribution in [2.75, 3.05) is 5.32 Å². The van der Waals surface area contributed by atoms with E-state index in [1.54, 1.807) is 0 Å². The summed E-state index contributed by atoms with van der Waals surface area (Å²) in [6, 6.07) is 22.9. The number of nitrogens with one attached hydrogen (secondary N) is 1. The van der Waals surface area contributed by atoms with Crippen LogP contribution in [0, 0.1) is 0 Å². The van der Waals surface area contributed by atoms with Gasteiger partial charge in [-0.3, -0.25) is 4.40 Å². The molecule has 0 radical (unpaired) electrons. The van der Waals surface area contributed by atoms with Gasteiger partial charge in [0.05, 0.1) is 0 Å². The van der Waals surface area contributed by atoms with Gasteiger partial charge in [0.25, 0.3) is 0 Å². The Labute approximate surface area is 179 Å². The zero-order valence-corrected chi connectivity index (χ0v) is 17.2. The van der Waals surface area contributed by atoms with Crippen molar-refractivity contribution in [2.45, 2.75) is 6.54 Å². The second-order valence-electron chi connectivity index (χ2n) is 5.81. The minimum Gasteiger partial charge on any atom is -0.457 e. The maximum absolute atomic E-state index is 6.01. The molecule has 0 aliphatic carbocycles. The number of nitrogens with zero attached hydrogens (tertiary/aromatic N) is 4. The lowest BCUT2D eigenvalue weighted by Gasteiger charge is -2.09. The maximum atomic E-state index is 6.01. The van der Waals surface area contributed by atoms with Gasteiger partial charge in [-0.05, 0) is 36.4 Å². The summed E-state index contributed by atoms with van der Waals surface area (Å²) in [5.41, 5.74) is 7.58. The Morgan fingerprint density at radius 1 is 0.964 bits per heavy atom. The van der Waals surface area contributed by atoms with Crippen LogP contribution in [-0.4, -0.2) is 20.6 Å². The van der Waals surface area contributed by atoms with Crippen LogP contribution in [0.25, 0.3) is 5.65 Å². The number of para-hydroxylation sites is 1. The molecule has 2 aromatic heterocycles. The second kappa shape index (κ2) is 9.18. The van der Waals surface area contributed by atoms with Gasteiger partial charge in [0.1, 0.15) is 18.0 Å². The smallest absolute Gasteiger partial charge is 0.193 e. The van der Waals surface area contributed by atoms with E-state index in [0.717, 1.165) is 22.9 Å². The summed E-state index contributed by atoms with van der Waals surface area (Å²) in [5, 5.41) is 11.3. The average Bonchev–Trinajstić information content (AvgIpc) is 3.11. The van der Waals surface area contributed by atoms with Gasteiger partial charge in [-0.15, -0.1) is 34.2 Å². The number of halogens is 1. The van der Waals surface area contributed by atoms with Crippen molar-refractivity contribution >= 4 is 41.3 Å². The van der Waals surface area contributed by atoms with Gasteiger partial charge in [-0.25, -0.2) is 4.99 Å². The molecule has 8 heteroatoms. The number of ether oxygens (including phenoxy) is 1. The number of anilines is 1. The van der Waals surface area contributed by atoms with Crippen molar-refractivity contribution in [2.24, 2.45) is 10.7 Å². The van der Waals surface area contributed by atoms with Gasteiger partial charge in [-0.1, -0.05) is 30.3 Å². The lowest BCUT2D eigenvalue weighted by molar-refractivity contribution is 0.483. The van der Waals surface area contributed by atoms with E-state index < -0.39 is 0 Å². The first-order valence-corrected chi connectivity index (χ1v) is 8.46. The van der Waals surface area contributed by atoms with Crippen LogP contribution in [0.4, 0.5) is 5.69 Å². The van der Waals surface area contributed by atoms with Crippen LogP contribution in [0.1, 0.15) is 5.82 Å². The maximum Gasteiger partial charge on any atom is 0.193 e. The molecule has 2 heterocycles. The number of aliphatic imine (C=N–C) groups is 1. The van der Waals surface area contributed by atoms with Crippen LogP contribution in [0.2, 0.25) is 0 Å². The van der Waals surface area contributed by atoms with E-state index in [0.29, 0.717) is 18.3 Å². The third-order valence-corrected chi connectivity index (χ3v) is 3.86. The van der Waals surface area contributed by atoms with Crippen LogP contribution in [-0.2, 0) is 6.54 Å². The predicted molar refractivity (Wildman–Crippen MR) is 120 cm³/mol. The van der Waals surface area contributed by atoms with Gasteiger partial charge < -0.3 is 15.8 Å². The summed E-state index contributed by atoms with van der Waals surface area (Å²) in [5.74, 6) is 2.49. The van der Waals surface area contributed by atoms with Gasteiger partial charge in [0, 0.05) is 18.0 Å². The molecule has 4 aromatic rings. The first-order chi connectivity index (χ1) is 13.3. The highest BCUT2D eigenvalue weighted by molar-refractivity contribution is 14.0. The van der Waals surface area contributed by atoms with E-state index in [9.17, 15) is 0 Å². The normalized spacial score (nSPS) is 11.1. The summed E-state index contributed by atoms with van der Waals surface area (Å²) >= 11 is 0. The van der Waals surface area contributed by atoms with Crippen LogP contribution in [0.15, 0.2) is 84.0 Å². The number of hydrogen-bond donors (Lipinski definition) is 2. The van der Waals surface area contributed by atoms with Gasteiger partial charge in [-0.2, -0.15) is 0 Å². The highest BCUT2D eigenvalue weighted by Gasteiger charge is 2.04. The van der Waals surface area contributed by atoms with Crippen molar-refractivity contribution in [1.82, 2.24) is 14.6 Å². The van der Waals surface area contributed by atoms with E-state index in [-0.39, 0.29) is 24.0 Å². The molecule has 2 aromatic carbocycles. The minimum absolute atomic E-state index is 0. The highest BCUT2D eigenvalue weighted by atomic mass is 127. The molecule has 0 saturated heterocycles. The van der Waals surface area contributed by atoms with Crippen molar-refractivity contribution in [3.05, 3.63) is 84.8 Å². The molecule has 142 valence electrons. The number of hydrogen-bond acceptors (Lipinski definition) is 4. The van der Waals surface area contributed by atoms with Crippen LogP contribution in [0.3, 0.4) is 0 Å². The number of pyridine rings is 1. The molecular weight excluding hydrogens is 467 g/mol. The second-order valence-corrected chi connectivity index (χ2v) is 5.81. The van der Waals surface area contributed by atoms with Gasteiger partial charge in [0.2, 0.25) is 0 Å². The molecule has 7 nitrogen and oxygen atoms in total. The fourth-order valence-electron chi connectivity index (χ4n) is 2.60.